The molecular formula is C30H33Cl2F2N3O10. The Kier molecular flexibility index (Phi) is 10.9. The van der Waals surface area contributed by atoms with Gasteiger partial charge in [-0.1, -0.05) is 34.4 Å². The van der Waals surface area contributed by atoms with Crippen molar-refractivity contribution in [2.45, 2.75) is 81.7 Å². The molecule has 5 rings (SSSR count). The molecule has 3 fully saturated rings. The summed E-state index contributed by atoms with van der Waals surface area (Å²) in [4.78, 5) is 18.1. The quantitative estimate of drug-likeness (QED) is 0.0734. The number of hydrogen-bond donors (Lipinski definition) is 6. The number of fused-ring (bicyclic) bond motifs is 1. The number of alkyl halides is 1. The second-order valence-electron chi connectivity index (χ2n) is 11.3. The minimum Gasteiger partial charge on any atom is -0.459 e. The largest absolute Gasteiger partial charge is 0.459 e. The molecule has 0 radical (unpaired) electrons. The number of oxime groups is 1. The minimum absolute atomic E-state index is 0.00348. The van der Waals surface area contributed by atoms with Gasteiger partial charge in [0, 0.05) is 11.1 Å². The number of carbonyl (C=O) groups is 1. The second kappa shape index (κ2) is 14.6. The molecule has 2 saturated heterocycles. The predicted octanol–water partition coefficient (Wildman–Crippen LogP) is 1.84. The topological polar surface area (TPSA) is 195 Å². The molecule has 17 heteroatoms. The number of halogens is 4. The summed E-state index contributed by atoms with van der Waals surface area (Å²) in [6, 6.07) is 5.35. The van der Waals surface area contributed by atoms with E-state index in [0.717, 1.165) is 12.1 Å². The summed E-state index contributed by atoms with van der Waals surface area (Å²) in [5, 5.41) is 48.2. The lowest BCUT2D eigenvalue weighted by atomic mass is 9.83. The Bertz CT molecular complexity index is 1550. The second-order valence-corrected chi connectivity index (χ2v) is 12.1. The molecular weight excluding hydrogens is 671 g/mol. The van der Waals surface area contributed by atoms with Gasteiger partial charge in [-0.15, -0.1) is 0 Å². The molecule has 10 atom stereocenters. The zero-order valence-corrected chi connectivity index (χ0v) is 26.4. The maximum Gasteiger partial charge on any atom is 0.247 e. The number of nitrogens with zero attached hydrogens (tertiary/aromatic N) is 1. The smallest absolute Gasteiger partial charge is 0.247 e. The van der Waals surface area contributed by atoms with E-state index in [1.807, 2.05) is 0 Å². The van der Waals surface area contributed by atoms with E-state index in [9.17, 15) is 34.0 Å². The lowest BCUT2D eigenvalue weighted by molar-refractivity contribution is -0.155. The number of nitrogens with one attached hydrogen (secondary N) is 1. The number of ether oxygens (including phenoxy) is 4. The van der Waals surface area contributed by atoms with Gasteiger partial charge in [0.05, 0.1) is 27.5 Å². The van der Waals surface area contributed by atoms with Crippen LogP contribution in [0.3, 0.4) is 0 Å². The van der Waals surface area contributed by atoms with Crippen LogP contribution in [-0.4, -0.2) is 100 Å². The van der Waals surface area contributed by atoms with Crippen LogP contribution in [0.25, 0.3) is 6.08 Å². The van der Waals surface area contributed by atoms with E-state index in [0.29, 0.717) is 5.56 Å². The first-order valence-electron chi connectivity index (χ1n) is 14.4. The Labute approximate surface area is 277 Å². The Morgan fingerprint density at radius 3 is 2.49 bits per heavy atom. The van der Waals surface area contributed by atoms with Crippen LogP contribution in [0, 0.1) is 5.82 Å². The number of hydrogen-bond acceptors (Lipinski definition) is 12. The van der Waals surface area contributed by atoms with Gasteiger partial charge in [0.2, 0.25) is 12.2 Å². The van der Waals surface area contributed by atoms with E-state index in [-0.39, 0.29) is 51.7 Å². The van der Waals surface area contributed by atoms with Crippen LogP contribution < -0.4 is 15.8 Å². The third-order valence-electron chi connectivity index (χ3n) is 8.01. The van der Waals surface area contributed by atoms with Crippen LogP contribution >= 0.6 is 23.2 Å². The third-order valence-corrected chi connectivity index (χ3v) is 8.85. The van der Waals surface area contributed by atoms with Gasteiger partial charge in [0.1, 0.15) is 67.7 Å². The monoisotopic (exact) mass is 703 g/mol. The maximum absolute atomic E-state index is 15.0. The summed E-state index contributed by atoms with van der Waals surface area (Å²) in [5.74, 6) is -1.23. The molecule has 13 nitrogen and oxygen atoms in total. The van der Waals surface area contributed by atoms with Crippen molar-refractivity contribution >= 4 is 46.6 Å². The van der Waals surface area contributed by atoms with Crippen molar-refractivity contribution in [3.8, 4) is 5.75 Å². The van der Waals surface area contributed by atoms with Gasteiger partial charge in [-0.2, -0.15) is 0 Å². The van der Waals surface area contributed by atoms with E-state index in [1.54, 1.807) is 0 Å². The van der Waals surface area contributed by atoms with Crippen molar-refractivity contribution < 1.29 is 57.8 Å². The van der Waals surface area contributed by atoms with Crippen LogP contribution in [0.4, 0.5) is 14.5 Å². The highest BCUT2D eigenvalue weighted by Crippen LogP contribution is 2.33. The molecule has 1 amide bonds. The molecule has 0 bridgehead atoms. The highest BCUT2D eigenvalue weighted by Gasteiger charge is 2.53. The number of aliphatic hydroxyl groups excluding tert-OH is 4. The highest BCUT2D eigenvalue weighted by atomic mass is 35.5. The van der Waals surface area contributed by atoms with Gasteiger partial charge >= 0.3 is 0 Å². The van der Waals surface area contributed by atoms with E-state index in [4.69, 9.17) is 52.7 Å². The van der Waals surface area contributed by atoms with E-state index in [2.05, 4.69) is 10.5 Å². The van der Waals surface area contributed by atoms with Crippen molar-refractivity contribution in [3.63, 3.8) is 0 Å². The number of benzene rings is 2. The number of nitrogens with two attached hydrogens (primary N) is 1. The molecule has 2 aromatic rings. The molecule has 2 aliphatic heterocycles. The zero-order chi connectivity index (χ0) is 34.2. The zero-order valence-electron chi connectivity index (χ0n) is 24.9. The average molecular weight is 705 g/mol. The lowest BCUT2D eigenvalue weighted by Crippen LogP contribution is -2.67. The van der Waals surface area contributed by atoms with Crippen LogP contribution in [0.15, 0.2) is 41.1 Å². The van der Waals surface area contributed by atoms with Gasteiger partial charge in [-0.3, -0.25) is 4.79 Å². The first-order valence-corrected chi connectivity index (χ1v) is 15.1. The van der Waals surface area contributed by atoms with Gasteiger partial charge in [-0.05, 0) is 49.8 Å². The van der Waals surface area contributed by atoms with Gasteiger partial charge in [0.25, 0.3) is 0 Å². The summed E-state index contributed by atoms with van der Waals surface area (Å²) < 4.78 is 50.3. The van der Waals surface area contributed by atoms with E-state index in [1.165, 1.54) is 38.1 Å². The Hall–Kier alpha value is -3.12. The summed E-state index contributed by atoms with van der Waals surface area (Å²) in [5.41, 5.74) is 7.11. The average Bonchev–Trinajstić information content (AvgIpc) is 3.63. The summed E-state index contributed by atoms with van der Waals surface area (Å²) >= 11 is 11.9. The minimum atomic E-state index is -1.99. The van der Waals surface area contributed by atoms with Crippen molar-refractivity contribution in [3.05, 3.63) is 62.9 Å². The molecule has 1 aliphatic carbocycles. The standard InChI is InChI=1S/C30H33Cl2F2N3O10/c1-11(29(42)36-21-23(39)25(41)28-27(24(21)40)43-10-44-28)5-13-3-4-18(17(35)6-13)46-30-20(34)22(38)26(47-30)12(2)37-45-9-14-7-15(33)8-16(31)19(14)32/h3-8,20-28,30,38-41H,9-10,35H2,1-2H3,(H,36,42)/t20-,21-,22+,23+,24-,25-,26-,27+,28-,30-/m1/s1. The van der Waals surface area contributed by atoms with Gasteiger partial charge < -0.3 is 55.3 Å². The fourth-order valence-electron chi connectivity index (χ4n) is 5.46. The molecule has 2 heterocycles. The van der Waals surface area contributed by atoms with Crippen LogP contribution in [0.5, 0.6) is 5.75 Å². The Morgan fingerprint density at radius 2 is 1.79 bits per heavy atom. The number of nitrogen functional groups attached to an aromatic ring is 1. The van der Waals surface area contributed by atoms with E-state index >= 15 is 0 Å². The molecule has 0 unspecified atom stereocenters. The molecule has 47 heavy (non-hydrogen) atoms. The fraction of sp³-hybridized carbons (Fsp3) is 0.467. The predicted molar refractivity (Wildman–Crippen MR) is 164 cm³/mol. The molecule has 2 aromatic carbocycles. The molecule has 1 saturated carbocycles. The van der Waals surface area contributed by atoms with Crippen LogP contribution in [0.1, 0.15) is 25.0 Å². The normalized spacial score (nSPS) is 32.6. The Morgan fingerprint density at radius 1 is 1.09 bits per heavy atom. The van der Waals surface area contributed by atoms with Crippen molar-refractivity contribution in [1.29, 1.82) is 0 Å². The Balaban J connectivity index is 1.18. The maximum atomic E-state index is 15.0. The highest BCUT2D eigenvalue weighted by molar-refractivity contribution is 6.42. The SMILES string of the molecule is CC(=Cc1ccc(O[C@@H]2O[C@H](C(C)=NOCc3cc(F)cc(Cl)c3Cl)[C@@H](O)[C@H]2F)c(N)c1)C(=O)N[C@@H]1[C@H](O)[C@@H](O)[C@H]2OCO[C@H]2[C@@H]1O. The number of anilines is 1. The van der Waals surface area contributed by atoms with Crippen molar-refractivity contribution in [1.82, 2.24) is 5.32 Å². The number of amides is 1. The number of carbonyl (C=O) groups excluding carboxylic acids is 1. The summed E-state index contributed by atoms with van der Waals surface area (Å²) in [7, 11) is 0. The molecule has 7 N–H and O–H groups in total. The van der Waals surface area contributed by atoms with Gasteiger partial charge in [-0.25, -0.2) is 8.78 Å². The third kappa shape index (κ3) is 7.48. The van der Waals surface area contributed by atoms with Crippen LogP contribution in [-0.2, 0) is 30.4 Å². The van der Waals surface area contributed by atoms with E-state index < -0.39 is 73.0 Å². The molecule has 0 aromatic heterocycles. The molecule has 256 valence electrons. The van der Waals surface area contributed by atoms with Crippen LogP contribution in [0.2, 0.25) is 10.0 Å². The summed E-state index contributed by atoms with van der Waals surface area (Å²) in [6.07, 6.45) is -11.1. The molecule has 0 spiro atoms. The number of aliphatic hydroxyl groups is 4. The first-order chi connectivity index (χ1) is 22.3. The number of rotatable bonds is 9. The fourth-order valence-corrected chi connectivity index (χ4v) is 5.85. The summed E-state index contributed by atoms with van der Waals surface area (Å²) in [6.45, 7) is 2.50. The lowest BCUT2D eigenvalue weighted by Gasteiger charge is -2.41. The van der Waals surface area contributed by atoms with Crippen molar-refractivity contribution in [2.24, 2.45) is 5.16 Å². The first kappa shape index (κ1) is 35.2. The van der Waals surface area contributed by atoms with Gasteiger partial charge in [0.15, 0.2) is 6.17 Å². The van der Waals surface area contributed by atoms with Crippen molar-refractivity contribution in [2.75, 3.05) is 12.5 Å². The molecule has 3 aliphatic rings.